The number of phenolic OH excluding ortho intramolecular Hbond substituents is 1. The number of anilines is 1. The van der Waals surface area contributed by atoms with Gasteiger partial charge in [0.15, 0.2) is 0 Å². The van der Waals surface area contributed by atoms with Crippen molar-refractivity contribution < 1.29 is 9.32 Å². The van der Waals surface area contributed by atoms with Gasteiger partial charge in [-0.3, -0.25) is 0 Å². The summed E-state index contributed by atoms with van der Waals surface area (Å²) < 4.78 is 13.7. The van der Waals surface area contributed by atoms with E-state index in [9.17, 15) is 9.32 Å². The van der Waals surface area contributed by atoms with Crippen LogP contribution in [0.4, 0.5) is 5.69 Å². The number of phenols is 1. The van der Waals surface area contributed by atoms with E-state index in [2.05, 4.69) is 4.72 Å². The van der Waals surface area contributed by atoms with Gasteiger partial charge in [-0.2, -0.15) is 0 Å². The molecule has 0 aliphatic heterocycles. The number of hydrogen-bond donors (Lipinski definition) is 2. The van der Waals surface area contributed by atoms with E-state index in [-0.39, 0.29) is 5.75 Å². The van der Waals surface area contributed by atoms with Crippen molar-refractivity contribution in [1.82, 2.24) is 0 Å². The Labute approximate surface area is 80.4 Å². The third-order valence-corrected chi connectivity index (χ3v) is 2.30. The quantitative estimate of drug-likeness (QED) is 0.712. The lowest BCUT2D eigenvalue weighted by Gasteiger charge is -2.08. The van der Waals surface area contributed by atoms with Gasteiger partial charge >= 0.3 is 0 Å². The van der Waals surface area contributed by atoms with Crippen LogP contribution in [0.15, 0.2) is 12.1 Å². The molecule has 13 heavy (non-hydrogen) atoms. The maximum Gasteiger partial charge on any atom is 0.118 e. The third kappa shape index (κ3) is 2.45. The van der Waals surface area contributed by atoms with Gasteiger partial charge in [-0.1, -0.05) is 0 Å². The highest BCUT2D eigenvalue weighted by atomic mass is 32.2. The Morgan fingerprint density at radius 1 is 1.31 bits per heavy atom. The number of hydrogen-bond acceptors (Lipinski definition) is 2. The maximum absolute atomic E-state index is 10.9. The van der Waals surface area contributed by atoms with Crippen molar-refractivity contribution in [2.75, 3.05) is 11.0 Å². The molecule has 1 aromatic rings. The van der Waals surface area contributed by atoms with Crippen molar-refractivity contribution in [1.29, 1.82) is 0 Å². The molecule has 4 heteroatoms. The van der Waals surface area contributed by atoms with Crippen LogP contribution in [0, 0.1) is 13.8 Å². The topological polar surface area (TPSA) is 49.3 Å². The van der Waals surface area contributed by atoms with Crippen molar-refractivity contribution in [2.24, 2.45) is 0 Å². The lowest BCUT2D eigenvalue weighted by atomic mass is 10.1. The Morgan fingerprint density at radius 2 is 1.92 bits per heavy atom. The largest absolute Gasteiger partial charge is 0.508 e. The summed E-state index contributed by atoms with van der Waals surface area (Å²) in [5, 5.41) is 9.36. The van der Waals surface area contributed by atoms with Crippen molar-refractivity contribution in [2.45, 2.75) is 13.8 Å². The van der Waals surface area contributed by atoms with Crippen LogP contribution >= 0.6 is 0 Å². The summed E-state index contributed by atoms with van der Waals surface area (Å²) in [4.78, 5) is 0. The van der Waals surface area contributed by atoms with Crippen molar-refractivity contribution in [3.63, 3.8) is 0 Å². The van der Waals surface area contributed by atoms with Gasteiger partial charge in [-0.25, -0.2) is 4.21 Å². The van der Waals surface area contributed by atoms with Gasteiger partial charge in [0.1, 0.15) is 16.7 Å². The van der Waals surface area contributed by atoms with Gasteiger partial charge in [0.2, 0.25) is 0 Å². The van der Waals surface area contributed by atoms with E-state index in [1.165, 1.54) is 0 Å². The smallest absolute Gasteiger partial charge is 0.118 e. The Morgan fingerprint density at radius 3 is 2.46 bits per heavy atom. The highest BCUT2D eigenvalue weighted by Gasteiger charge is 2.03. The second kappa shape index (κ2) is 3.79. The summed E-state index contributed by atoms with van der Waals surface area (Å²) in [6.45, 7) is 3.66. The van der Waals surface area contributed by atoms with E-state index in [0.29, 0.717) is 0 Å². The first-order valence-electron chi connectivity index (χ1n) is 3.91. The summed E-state index contributed by atoms with van der Waals surface area (Å²) in [7, 11) is -1.07. The number of benzene rings is 1. The van der Waals surface area contributed by atoms with Crippen molar-refractivity contribution in [3.8, 4) is 5.75 Å². The van der Waals surface area contributed by atoms with Crippen LogP contribution in [0.1, 0.15) is 11.1 Å². The molecule has 3 nitrogen and oxygen atoms in total. The Balaban J connectivity index is 3.08. The standard InChI is InChI=1S/C9H13NO2S/c1-6-5-9(11)7(2)4-8(6)10-13(3)12/h4-5,10-11H,1-3H3. The SMILES string of the molecule is Cc1cc(NS(C)=O)c(C)cc1O. The molecule has 1 atom stereocenters. The number of aryl methyl sites for hydroxylation is 2. The molecule has 0 aliphatic rings. The molecule has 0 amide bonds. The predicted octanol–water partition coefficient (Wildman–Crippen LogP) is 1.71. The molecule has 0 saturated carbocycles. The van der Waals surface area contributed by atoms with E-state index in [1.807, 2.05) is 6.92 Å². The monoisotopic (exact) mass is 199 g/mol. The van der Waals surface area contributed by atoms with E-state index in [1.54, 1.807) is 25.3 Å². The minimum Gasteiger partial charge on any atom is -0.508 e. The zero-order valence-corrected chi connectivity index (χ0v) is 8.73. The number of aromatic hydroxyl groups is 1. The second-order valence-corrected chi connectivity index (χ2v) is 4.12. The van der Waals surface area contributed by atoms with Gasteiger partial charge in [0.05, 0.1) is 0 Å². The van der Waals surface area contributed by atoms with Crippen LogP contribution in [-0.2, 0) is 11.0 Å². The van der Waals surface area contributed by atoms with Crippen LogP contribution in [-0.4, -0.2) is 15.6 Å². The molecule has 0 spiro atoms. The van der Waals surface area contributed by atoms with Gasteiger partial charge in [0.25, 0.3) is 0 Å². The highest BCUT2D eigenvalue weighted by molar-refractivity contribution is 7.85. The summed E-state index contributed by atoms with van der Waals surface area (Å²) in [6.07, 6.45) is 1.57. The zero-order chi connectivity index (χ0) is 10.0. The molecule has 2 N–H and O–H groups in total. The normalized spacial score (nSPS) is 12.5. The van der Waals surface area contributed by atoms with Crippen molar-refractivity contribution >= 4 is 16.7 Å². The van der Waals surface area contributed by atoms with E-state index in [0.717, 1.165) is 16.8 Å². The molecule has 0 aromatic heterocycles. The van der Waals surface area contributed by atoms with Crippen LogP contribution in [0.2, 0.25) is 0 Å². The average Bonchev–Trinajstić information content (AvgIpc) is 1.99. The summed E-state index contributed by atoms with van der Waals surface area (Å²) in [5.41, 5.74) is 2.47. The number of rotatable bonds is 2. The molecule has 72 valence electrons. The molecular formula is C9H13NO2S. The third-order valence-electron chi connectivity index (χ3n) is 1.80. The maximum atomic E-state index is 10.9. The molecule has 0 bridgehead atoms. The highest BCUT2D eigenvalue weighted by Crippen LogP contribution is 2.24. The predicted molar refractivity (Wildman–Crippen MR) is 55.3 cm³/mol. The fraction of sp³-hybridized carbons (Fsp3) is 0.333. The lowest BCUT2D eigenvalue weighted by molar-refractivity contribution is 0.471. The first-order chi connectivity index (χ1) is 6.00. The molecule has 1 rings (SSSR count). The van der Waals surface area contributed by atoms with E-state index in [4.69, 9.17) is 0 Å². The van der Waals surface area contributed by atoms with Crippen molar-refractivity contribution in [3.05, 3.63) is 23.3 Å². The van der Waals surface area contributed by atoms with Gasteiger partial charge in [0, 0.05) is 11.9 Å². The molecule has 0 saturated heterocycles. The minimum atomic E-state index is -1.07. The van der Waals surface area contributed by atoms with Gasteiger partial charge in [-0.05, 0) is 37.1 Å². The molecule has 1 aromatic carbocycles. The Hall–Kier alpha value is -1.03. The van der Waals surface area contributed by atoms with Gasteiger partial charge in [-0.15, -0.1) is 0 Å². The van der Waals surface area contributed by atoms with E-state index >= 15 is 0 Å². The van der Waals surface area contributed by atoms with Crippen LogP contribution in [0.3, 0.4) is 0 Å². The molecular weight excluding hydrogens is 186 g/mol. The summed E-state index contributed by atoms with van der Waals surface area (Å²) in [6, 6.07) is 3.44. The first kappa shape index (κ1) is 10.1. The Kier molecular flexibility index (Phi) is 2.93. The Bertz CT molecular complexity index is 350. The second-order valence-electron chi connectivity index (χ2n) is 3.01. The number of nitrogens with one attached hydrogen (secondary N) is 1. The molecule has 0 aliphatic carbocycles. The fourth-order valence-electron chi connectivity index (χ4n) is 1.07. The van der Waals surface area contributed by atoms with Crippen LogP contribution < -0.4 is 4.72 Å². The molecule has 1 unspecified atom stereocenters. The lowest BCUT2D eigenvalue weighted by Crippen LogP contribution is -2.02. The zero-order valence-electron chi connectivity index (χ0n) is 7.92. The van der Waals surface area contributed by atoms with Crippen LogP contribution in [0.25, 0.3) is 0 Å². The molecule has 0 radical (unpaired) electrons. The average molecular weight is 199 g/mol. The first-order valence-corrected chi connectivity index (χ1v) is 5.47. The van der Waals surface area contributed by atoms with Gasteiger partial charge < -0.3 is 9.83 Å². The summed E-state index contributed by atoms with van der Waals surface area (Å²) >= 11 is 0. The minimum absolute atomic E-state index is 0.268. The van der Waals surface area contributed by atoms with Crippen LogP contribution in [0.5, 0.6) is 5.75 Å². The molecule has 0 fully saturated rings. The fourth-order valence-corrected chi connectivity index (χ4v) is 1.60. The summed E-state index contributed by atoms with van der Waals surface area (Å²) in [5.74, 6) is 0.268. The molecule has 0 heterocycles. The van der Waals surface area contributed by atoms with E-state index < -0.39 is 11.0 Å².